The Balaban J connectivity index is 2.12. The zero-order chi connectivity index (χ0) is 15.9. The van der Waals surface area contributed by atoms with Gasteiger partial charge in [-0.05, 0) is 18.2 Å². The van der Waals surface area contributed by atoms with Gasteiger partial charge in [0, 0.05) is 13.2 Å². The molecule has 7 heteroatoms. The van der Waals surface area contributed by atoms with E-state index in [1.807, 2.05) is 0 Å². The van der Waals surface area contributed by atoms with Crippen molar-refractivity contribution >= 4 is 11.6 Å². The van der Waals surface area contributed by atoms with Crippen LogP contribution in [0.3, 0.4) is 0 Å². The van der Waals surface area contributed by atoms with Crippen LogP contribution in [0.2, 0.25) is 0 Å². The zero-order valence-corrected chi connectivity index (χ0v) is 12.1. The molecule has 0 unspecified atom stereocenters. The van der Waals surface area contributed by atoms with E-state index < -0.39 is 11.7 Å². The molecular weight excluding hydrogens is 291 g/mol. The fourth-order valence-corrected chi connectivity index (χ4v) is 1.76. The van der Waals surface area contributed by atoms with E-state index in [9.17, 15) is 9.18 Å². The predicted octanol–water partition coefficient (Wildman–Crippen LogP) is 2.15. The first-order chi connectivity index (χ1) is 10.6. The first-order valence-corrected chi connectivity index (χ1v) is 6.64. The minimum atomic E-state index is -0.482. The number of ether oxygens (including phenoxy) is 2. The smallest absolute Gasteiger partial charge is 0.259 e. The van der Waals surface area contributed by atoms with Crippen molar-refractivity contribution in [1.29, 1.82) is 0 Å². The summed E-state index contributed by atoms with van der Waals surface area (Å²) < 4.78 is 28.8. The van der Waals surface area contributed by atoms with E-state index >= 15 is 0 Å². The number of nitrogens with one attached hydrogen (secondary N) is 1. The van der Waals surface area contributed by atoms with Crippen LogP contribution in [0.5, 0.6) is 5.75 Å². The summed E-state index contributed by atoms with van der Waals surface area (Å²) >= 11 is 0. The second-order valence-corrected chi connectivity index (χ2v) is 4.44. The highest BCUT2D eigenvalue weighted by Crippen LogP contribution is 2.26. The Morgan fingerprint density at radius 2 is 2.18 bits per heavy atom. The van der Waals surface area contributed by atoms with Crippen molar-refractivity contribution < 1.29 is 23.1 Å². The molecule has 0 aliphatic heterocycles. The van der Waals surface area contributed by atoms with Gasteiger partial charge in [0.15, 0.2) is 0 Å². The van der Waals surface area contributed by atoms with Gasteiger partial charge in [0.05, 0.1) is 24.4 Å². The van der Waals surface area contributed by atoms with E-state index in [4.69, 9.17) is 19.6 Å². The number of carbonyl (C=O) groups is 1. The van der Waals surface area contributed by atoms with Crippen LogP contribution >= 0.6 is 0 Å². The molecular formula is C15H17FN2O4. The molecule has 0 spiro atoms. The molecule has 2 aromatic rings. The van der Waals surface area contributed by atoms with Crippen LogP contribution in [-0.4, -0.2) is 26.2 Å². The Morgan fingerprint density at radius 1 is 1.36 bits per heavy atom. The third-order valence-corrected chi connectivity index (χ3v) is 2.85. The molecule has 118 valence electrons. The Kier molecular flexibility index (Phi) is 5.51. The monoisotopic (exact) mass is 308 g/mol. The molecule has 0 atom stereocenters. The van der Waals surface area contributed by atoms with Gasteiger partial charge >= 0.3 is 0 Å². The van der Waals surface area contributed by atoms with Gasteiger partial charge in [0.1, 0.15) is 30.2 Å². The van der Waals surface area contributed by atoms with Gasteiger partial charge in [-0.2, -0.15) is 0 Å². The first-order valence-electron chi connectivity index (χ1n) is 6.64. The molecule has 1 aromatic heterocycles. The minimum Gasteiger partial charge on any atom is -0.489 e. The third kappa shape index (κ3) is 4.06. The van der Waals surface area contributed by atoms with E-state index in [-0.39, 0.29) is 18.8 Å². The van der Waals surface area contributed by atoms with Crippen molar-refractivity contribution in [2.24, 2.45) is 5.73 Å². The average Bonchev–Trinajstić information content (AvgIpc) is 2.99. The van der Waals surface area contributed by atoms with Gasteiger partial charge in [0.25, 0.3) is 5.91 Å². The molecule has 22 heavy (non-hydrogen) atoms. The normalized spacial score (nSPS) is 10.5. The predicted molar refractivity (Wildman–Crippen MR) is 78.3 cm³/mol. The van der Waals surface area contributed by atoms with Crippen molar-refractivity contribution in [3.05, 3.63) is 47.7 Å². The molecule has 0 aliphatic carbocycles. The van der Waals surface area contributed by atoms with E-state index in [0.29, 0.717) is 23.7 Å². The highest BCUT2D eigenvalue weighted by atomic mass is 19.1. The lowest BCUT2D eigenvalue weighted by Gasteiger charge is -2.12. The average molecular weight is 308 g/mol. The lowest BCUT2D eigenvalue weighted by atomic mass is 10.2. The summed E-state index contributed by atoms with van der Waals surface area (Å²) in [6.07, 6.45) is 1.29. The van der Waals surface area contributed by atoms with E-state index in [2.05, 4.69) is 5.32 Å². The van der Waals surface area contributed by atoms with Crippen molar-refractivity contribution in [3.63, 3.8) is 0 Å². The van der Waals surface area contributed by atoms with Crippen molar-refractivity contribution in [3.8, 4) is 5.75 Å². The minimum absolute atomic E-state index is 0.193. The van der Waals surface area contributed by atoms with Gasteiger partial charge in [0.2, 0.25) is 0 Å². The Labute approximate surface area is 127 Å². The van der Waals surface area contributed by atoms with Crippen LogP contribution in [0, 0.1) is 5.82 Å². The maximum Gasteiger partial charge on any atom is 0.259 e. The lowest BCUT2D eigenvalue weighted by Crippen LogP contribution is -2.13. The summed E-state index contributed by atoms with van der Waals surface area (Å²) in [5, 5.41) is 2.59. The molecule has 0 saturated carbocycles. The molecule has 0 fully saturated rings. The second-order valence-electron chi connectivity index (χ2n) is 4.44. The quantitative estimate of drug-likeness (QED) is 0.765. The molecule has 1 heterocycles. The standard InChI is InChI=1S/C15H17FN2O4/c1-20-4-5-21-14-3-2-11(16)7-13(14)18-15(19)10-6-12(8-17)22-9-10/h2-3,6-7,9H,4-5,8,17H2,1H3,(H,18,19). The Morgan fingerprint density at radius 3 is 2.86 bits per heavy atom. The van der Waals surface area contributed by atoms with Crippen LogP contribution < -0.4 is 15.8 Å². The summed E-state index contributed by atoms with van der Waals surface area (Å²) in [7, 11) is 1.55. The topological polar surface area (TPSA) is 86.7 Å². The first kappa shape index (κ1) is 16.0. The summed E-state index contributed by atoms with van der Waals surface area (Å²) in [5.41, 5.74) is 5.95. The molecule has 0 saturated heterocycles. The fourth-order valence-electron chi connectivity index (χ4n) is 1.76. The van der Waals surface area contributed by atoms with Crippen LogP contribution in [-0.2, 0) is 11.3 Å². The number of halogens is 1. The molecule has 6 nitrogen and oxygen atoms in total. The lowest BCUT2D eigenvalue weighted by molar-refractivity contribution is 0.102. The van der Waals surface area contributed by atoms with Crippen LogP contribution in [0.25, 0.3) is 0 Å². The zero-order valence-electron chi connectivity index (χ0n) is 12.1. The Bertz CT molecular complexity index is 642. The number of hydrogen-bond acceptors (Lipinski definition) is 5. The molecule has 2 rings (SSSR count). The van der Waals surface area contributed by atoms with Crippen molar-refractivity contribution in [2.45, 2.75) is 6.54 Å². The van der Waals surface area contributed by atoms with Crippen molar-refractivity contribution in [2.75, 3.05) is 25.6 Å². The number of furan rings is 1. The van der Waals surface area contributed by atoms with Gasteiger partial charge in [-0.25, -0.2) is 4.39 Å². The van der Waals surface area contributed by atoms with Gasteiger partial charge in [-0.1, -0.05) is 0 Å². The van der Waals surface area contributed by atoms with Gasteiger partial charge < -0.3 is 24.9 Å². The number of carbonyl (C=O) groups excluding carboxylic acids is 1. The molecule has 0 aliphatic rings. The molecule has 0 bridgehead atoms. The highest BCUT2D eigenvalue weighted by molar-refractivity contribution is 6.04. The number of anilines is 1. The second kappa shape index (κ2) is 7.58. The van der Waals surface area contributed by atoms with E-state index in [1.165, 1.54) is 30.5 Å². The number of hydrogen-bond donors (Lipinski definition) is 2. The number of benzene rings is 1. The Hall–Kier alpha value is -2.38. The molecule has 1 amide bonds. The summed E-state index contributed by atoms with van der Waals surface area (Å²) in [4.78, 5) is 12.1. The maximum atomic E-state index is 13.4. The summed E-state index contributed by atoms with van der Waals surface area (Å²) in [6.45, 7) is 0.860. The fraction of sp³-hybridized carbons (Fsp3) is 0.267. The van der Waals surface area contributed by atoms with E-state index in [1.54, 1.807) is 7.11 Å². The largest absolute Gasteiger partial charge is 0.489 e. The molecule has 0 radical (unpaired) electrons. The summed E-state index contributed by atoms with van der Waals surface area (Å²) in [6, 6.07) is 5.41. The summed E-state index contributed by atoms with van der Waals surface area (Å²) in [5.74, 6) is -0.0785. The third-order valence-electron chi connectivity index (χ3n) is 2.85. The SMILES string of the molecule is COCCOc1ccc(F)cc1NC(=O)c1coc(CN)c1. The number of methoxy groups -OCH3 is 1. The van der Waals surface area contributed by atoms with Crippen LogP contribution in [0.15, 0.2) is 34.9 Å². The number of rotatable bonds is 7. The van der Waals surface area contributed by atoms with E-state index in [0.717, 1.165) is 0 Å². The maximum absolute atomic E-state index is 13.4. The van der Waals surface area contributed by atoms with Crippen LogP contribution in [0.4, 0.5) is 10.1 Å². The number of nitrogens with two attached hydrogens (primary N) is 1. The van der Waals surface area contributed by atoms with Gasteiger partial charge in [-0.15, -0.1) is 0 Å². The number of amides is 1. The molecule has 1 aromatic carbocycles. The van der Waals surface area contributed by atoms with Gasteiger partial charge in [-0.3, -0.25) is 4.79 Å². The highest BCUT2D eigenvalue weighted by Gasteiger charge is 2.13. The van der Waals surface area contributed by atoms with Crippen molar-refractivity contribution in [1.82, 2.24) is 0 Å². The molecule has 3 N–H and O–H groups in total. The van der Waals surface area contributed by atoms with Crippen LogP contribution in [0.1, 0.15) is 16.1 Å².